The van der Waals surface area contributed by atoms with Crippen LogP contribution in [0.5, 0.6) is 0 Å². The van der Waals surface area contributed by atoms with Crippen molar-refractivity contribution in [2.75, 3.05) is 6.54 Å². The predicted molar refractivity (Wildman–Crippen MR) is 67.4 cm³/mol. The van der Waals surface area contributed by atoms with Gasteiger partial charge in [0.1, 0.15) is 11.0 Å². The van der Waals surface area contributed by atoms with E-state index in [1.807, 2.05) is 6.92 Å². The quantitative estimate of drug-likeness (QED) is 0.849. The second-order valence-electron chi connectivity index (χ2n) is 4.10. The zero-order valence-corrected chi connectivity index (χ0v) is 11.2. The van der Waals surface area contributed by atoms with E-state index in [1.165, 1.54) is 11.3 Å². The van der Waals surface area contributed by atoms with E-state index in [9.17, 15) is 9.90 Å². The number of hydrogen-bond donors (Lipinski definition) is 2. The first-order valence-corrected chi connectivity index (χ1v) is 7.33. The Morgan fingerprint density at radius 1 is 1.82 bits per heavy atom. The average molecular weight is 273 g/mol. The van der Waals surface area contributed by atoms with Gasteiger partial charge in [-0.25, -0.2) is 0 Å². The molecule has 1 aromatic heterocycles. The number of likely N-dealkylation sites (N-methyl/N-ethyl adjacent to an activating group) is 1. The van der Waals surface area contributed by atoms with Crippen LogP contribution in [0.3, 0.4) is 0 Å². The van der Waals surface area contributed by atoms with Gasteiger partial charge in [0.2, 0.25) is 0 Å². The smallest absolute Gasteiger partial charge is 0.323 e. The van der Waals surface area contributed by atoms with E-state index in [1.54, 1.807) is 17.3 Å². The van der Waals surface area contributed by atoms with Gasteiger partial charge in [-0.05, 0) is 25.8 Å². The van der Waals surface area contributed by atoms with Crippen LogP contribution in [-0.2, 0) is 4.79 Å². The van der Waals surface area contributed by atoms with Crippen LogP contribution >= 0.6 is 23.1 Å². The van der Waals surface area contributed by atoms with Crippen molar-refractivity contribution in [1.82, 2.24) is 15.5 Å². The van der Waals surface area contributed by atoms with E-state index < -0.39 is 11.5 Å². The third-order valence-electron chi connectivity index (χ3n) is 3.00. The number of carbonyl (C=O) groups is 1. The van der Waals surface area contributed by atoms with E-state index in [0.717, 1.165) is 10.8 Å². The monoisotopic (exact) mass is 273 g/mol. The van der Waals surface area contributed by atoms with Gasteiger partial charge in [0.05, 0.1) is 0 Å². The minimum absolute atomic E-state index is 0.318. The van der Waals surface area contributed by atoms with Crippen LogP contribution in [0.15, 0.2) is 9.85 Å². The molecule has 0 aromatic carbocycles. The van der Waals surface area contributed by atoms with Crippen molar-refractivity contribution in [2.45, 2.75) is 41.3 Å². The maximum Gasteiger partial charge on any atom is 0.323 e. The van der Waals surface area contributed by atoms with Crippen molar-refractivity contribution in [3.8, 4) is 0 Å². The molecule has 5 nitrogen and oxygen atoms in total. The van der Waals surface area contributed by atoms with Gasteiger partial charge in [-0.1, -0.05) is 30.0 Å². The first-order valence-electron chi connectivity index (χ1n) is 5.57. The van der Waals surface area contributed by atoms with Gasteiger partial charge >= 0.3 is 5.97 Å². The summed E-state index contributed by atoms with van der Waals surface area (Å²) < 4.78 is 0.924. The fourth-order valence-corrected chi connectivity index (χ4v) is 4.25. The van der Waals surface area contributed by atoms with Crippen LogP contribution in [0, 0.1) is 0 Å². The SMILES string of the molecule is CCNC1(C(=O)O)CCC(Sc2nncs2)C1. The van der Waals surface area contributed by atoms with E-state index in [-0.39, 0.29) is 0 Å². The molecule has 0 bridgehead atoms. The molecule has 1 aromatic rings. The summed E-state index contributed by atoms with van der Waals surface area (Å²) in [6.45, 7) is 2.62. The predicted octanol–water partition coefficient (Wildman–Crippen LogP) is 1.62. The number of nitrogens with one attached hydrogen (secondary N) is 1. The zero-order chi connectivity index (χ0) is 12.3. The summed E-state index contributed by atoms with van der Waals surface area (Å²) in [6, 6.07) is 0. The molecular weight excluding hydrogens is 258 g/mol. The second kappa shape index (κ2) is 5.32. The third-order valence-corrected chi connectivity index (χ3v) is 5.08. The lowest BCUT2D eigenvalue weighted by Crippen LogP contribution is -2.50. The maximum atomic E-state index is 11.4. The van der Waals surface area contributed by atoms with Gasteiger partial charge in [-0.2, -0.15) is 0 Å². The van der Waals surface area contributed by atoms with Crippen molar-refractivity contribution >= 4 is 29.1 Å². The van der Waals surface area contributed by atoms with Gasteiger partial charge in [0, 0.05) is 5.25 Å². The molecule has 2 rings (SSSR count). The topological polar surface area (TPSA) is 75.1 Å². The summed E-state index contributed by atoms with van der Waals surface area (Å²) in [5.74, 6) is -0.736. The number of carboxylic acid groups (broad SMARTS) is 1. The molecule has 1 aliphatic rings. The Kier molecular flexibility index (Phi) is 4.01. The van der Waals surface area contributed by atoms with Crippen molar-refractivity contribution < 1.29 is 9.90 Å². The number of carboxylic acids is 1. The Bertz CT molecular complexity index is 385. The molecule has 1 aliphatic carbocycles. The van der Waals surface area contributed by atoms with Gasteiger partial charge < -0.3 is 10.4 Å². The lowest BCUT2D eigenvalue weighted by atomic mass is 9.98. The maximum absolute atomic E-state index is 11.4. The molecule has 1 heterocycles. The highest BCUT2D eigenvalue weighted by molar-refractivity contribution is 8.01. The molecule has 0 aliphatic heterocycles. The molecule has 94 valence electrons. The Labute approximate surface area is 108 Å². The molecule has 0 saturated heterocycles. The zero-order valence-electron chi connectivity index (χ0n) is 9.55. The highest BCUT2D eigenvalue weighted by Gasteiger charge is 2.45. The molecular formula is C10H15N3O2S2. The van der Waals surface area contributed by atoms with Crippen molar-refractivity contribution in [3.63, 3.8) is 0 Å². The molecule has 0 amide bonds. The Morgan fingerprint density at radius 2 is 2.65 bits per heavy atom. The van der Waals surface area contributed by atoms with Crippen molar-refractivity contribution in [1.29, 1.82) is 0 Å². The van der Waals surface area contributed by atoms with E-state index >= 15 is 0 Å². The van der Waals surface area contributed by atoms with Crippen molar-refractivity contribution in [3.05, 3.63) is 5.51 Å². The molecule has 17 heavy (non-hydrogen) atoms. The van der Waals surface area contributed by atoms with Crippen LogP contribution in [0.4, 0.5) is 0 Å². The van der Waals surface area contributed by atoms with Crippen LogP contribution in [-0.4, -0.2) is 38.6 Å². The molecule has 0 radical (unpaired) electrons. The Balaban J connectivity index is 1.99. The van der Waals surface area contributed by atoms with Crippen LogP contribution < -0.4 is 5.32 Å². The molecule has 0 spiro atoms. The number of aromatic nitrogens is 2. The largest absolute Gasteiger partial charge is 0.480 e. The van der Waals surface area contributed by atoms with E-state index in [4.69, 9.17) is 0 Å². The van der Waals surface area contributed by atoms with Crippen molar-refractivity contribution in [2.24, 2.45) is 0 Å². The van der Waals surface area contributed by atoms with Gasteiger partial charge in [-0.15, -0.1) is 10.2 Å². The fraction of sp³-hybridized carbons (Fsp3) is 0.700. The fourth-order valence-electron chi connectivity index (χ4n) is 2.23. The minimum atomic E-state index is -0.739. The first-order chi connectivity index (χ1) is 8.16. The van der Waals surface area contributed by atoms with Gasteiger partial charge in [0.15, 0.2) is 4.34 Å². The number of nitrogens with zero attached hydrogens (tertiary/aromatic N) is 2. The van der Waals surface area contributed by atoms with E-state index in [2.05, 4.69) is 15.5 Å². The Morgan fingerprint density at radius 3 is 3.24 bits per heavy atom. The summed E-state index contributed by atoms with van der Waals surface area (Å²) in [7, 11) is 0. The lowest BCUT2D eigenvalue weighted by Gasteiger charge is -2.25. The second-order valence-corrected chi connectivity index (χ2v) is 6.49. The molecule has 2 N–H and O–H groups in total. The number of aliphatic carboxylic acids is 1. The molecule has 2 unspecified atom stereocenters. The normalized spacial score (nSPS) is 28.4. The average Bonchev–Trinajstić information content (AvgIpc) is 2.90. The summed E-state index contributed by atoms with van der Waals surface area (Å²) in [4.78, 5) is 11.4. The number of rotatable bonds is 5. The summed E-state index contributed by atoms with van der Waals surface area (Å²) >= 11 is 3.15. The van der Waals surface area contributed by atoms with Gasteiger partial charge in [-0.3, -0.25) is 4.79 Å². The number of thioether (sulfide) groups is 1. The highest BCUT2D eigenvalue weighted by atomic mass is 32.2. The molecule has 2 atom stereocenters. The lowest BCUT2D eigenvalue weighted by molar-refractivity contribution is -0.144. The van der Waals surface area contributed by atoms with Crippen LogP contribution in [0.1, 0.15) is 26.2 Å². The highest BCUT2D eigenvalue weighted by Crippen LogP contribution is 2.40. The minimum Gasteiger partial charge on any atom is -0.480 e. The van der Waals surface area contributed by atoms with Crippen LogP contribution in [0.2, 0.25) is 0 Å². The molecule has 7 heteroatoms. The summed E-state index contributed by atoms with van der Waals surface area (Å²) in [5, 5.41) is 20.6. The summed E-state index contributed by atoms with van der Waals surface area (Å²) in [6.07, 6.45) is 2.25. The number of hydrogen-bond acceptors (Lipinski definition) is 6. The standard InChI is InChI=1S/C10H15N3O2S2/c1-2-11-10(8(14)15)4-3-7(5-10)17-9-13-12-6-16-9/h6-7,11H,2-5H2,1H3,(H,14,15). The molecule has 1 fully saturated rings. The first kappa shape index (κ1) is 12.8. The van der Waals surface area contributed by atoms with E-state index in [0.29, 0.717) is 24.6 Å². The Hall–Kier alpha value is -0.660. The third kappa shape index (κ3) is 2.78. The van der Waals surface area contributed by atoms with Crippen LogP contribution in [0.25, 0.3) is 0 Å². The van der Waals surface area contributed by atoms with Gasteiger partial charge in [0.25, 0.3) is 0 Å². The summed E-state index contributed by atoms with van der Waals surface area (Å²) in [5.41, 5.74) is 0.961. The molecule has 1 saturated carbocycles.